The van der Waals surface area contributed by atoms with Gasteiger partial charge in [-0.05, 0) is 35.4 Å². The van der Waals surface area contributed by atoms with Gasteiger partial charge < -0.3 is 18.9 Å². The molecule has 0 N–H and O–H groups in total. The maximum Gasteiger partial charge on any atom is 0.303 e. The molecule has 6 nitrogen and oxygen atoms in total. The molecule has 0 aliphatic rings. The molecule has 35 heavy (non-hydrogen) atoms. The smallest absolute Gasteiger partial charge is 0.303 e. The minimum atomic E-state index is -0.956. The highest BCUT2D eigenvalue weighted by molar-refractivity contribution is 6.37. The third-order valence-electron chi connectivity index (χ3n) is 5.15. The Labute approximate surface area is 219 Å². The Morgan fingerprint density at radius 3 is 1.89 bits per heavy atom. The number of alkyl halides is 2. The summed E-state index contributed by atoms with van der Waals surface area (Å²) in [5.41, 5.74) is 1.31. The first-order valence-electron chi connectivity index (χ1n) is 10.8. The van der Waals surface area contributed by atoms with Gasteiger partial charge in [-0.15, -0.1) is 11.6 Å². The lowest BCUT2D eigenvalue weighted by Crippen LogP contribution is -2.26. The molecule has 0 saturated heterocycles. The van der Waals surface area contributed by atoms with E-state index in [1.54, 1.807) is 24.3 Å². The van der Waals surface area contributed by atoms with Gasteiger partial charge in [0.2, 0.25) is 0 Å². The van der Waals surface area contributed by atoms with E-state index in [4.69, 9.17) is 53.8 Å². The second kappa shape index (κ2) is 13.2. The summed E-state index contributed by atoms with van der Waals surface area (Å²) >= 11 is 18.8. The molecule has 2 aromatic carbocycles. The van der Waals surface area contributed by atoms with Crippen LogP contribution in [-0.2, 0) is 24.5 Å². The lowest BCUT2D eigenvalue weighted by molar-refractivity contribution is -0.149. The van der Waals surface area contributed by atoms with E-state index in [1.165, 1.54) is 13.8 Å². The van der Waals surface area contributed by atoms with Gasteiger partial charge in [-0.25, -0.2) is 4.39 Å². The average molecular weight is 550 g/mol. The molecule has 0 bridgehead atoms. The van der Waals surface area contributed by atoms with Crippen molar-refractivity contribution in [2.45, 2.75) is 45.3 Å². The molecule has 0 aliphatic heterocycles. The minimum Gasteiger partial charge on any atom is -0.490 e. The molecule has 0 radical (unpaired) electrons. The fourth-order valence-corrected chi connectivity index (χ4v) is 4.00. The number of carbonyl (C=O) groups is 2. The van der Waals surface area contributed by atoms with Crippen molar-refractivity contribution >= 4 is 46.7 Å². The van der Waals surface area contributed by atoms with E-state index in [0.29, 0.717) is 15.8 Å². The monoisotopic (exact) mass is 548 g/mol. The van der Waals surface area contributed by atoms with Crippen LogP contribution in [0.1, 0.15) is 38.8 Å². The van der Waals surface area contributed by atoms with Crippen molar-refractivity contribution in [2.24, 2.45) is 0 Å². The summed E-state index contributed by atoms with van der Waals surface area (Å²) in [7, 11) is 0. The summed E-state index contributed by atoms with van der Waals surface area (Å²) in [5.74, 6) is -0.176. The van der Waals surface area contributed by atoms with Crippen molar-refractivity contribution in [1.29, 1.82) is 0 Å². The maximum atomic E-state index is 13.0. The van der Waals surface area contributed by atoms with Crippen molar-refractivity contribution in [3.05, 3.63) is 57.6 Å². The highest BCUT2D eigenvalue weighted by Gasteiger charge is 2.26. The van der Waals surface area contributed by atoms with Crippen LogP contribution in [0.5, 0.6) is 11.5 Å². The molecular formula is C25H28Cl3FO6. The van der Waals surface area contributed by atoms with Crippen molar-refractivity contribution in [2.75, 3.05) is 25.8 Å². The van der Waals surface area contributed by atoms with Gasteiger partial charge in [-0.1, -0.05) is 49.2 Å². The Kier molecular flexibility index (Phi) is 10.9. The summed E-state index contributed by atoms with van der Waals surface area (Å²) in [4.78, 5) is 22.2. The molecule has 2 aromatic rings. The first kappa shape index (κ1) is 29.0. The number of esters is 2. The van der Waals surface area contributed by atoms with E-state index in [1.807, 2.05) is 26.0 Å². The third-order valence-corrected chi connectivity index (χ3v) is 6.06. The van der Waals surface area contributed by atoms with Crippen LogP contribution in [0.15, 0.2) is 36.4 Å². The highest BCUT2D eigenvalue weighted by atomic mass is 35.5. The second-order valence-corrected chi connectivity index (χ2v) is 9.43. The van der Waals surface area contributed by atoms with Gasteiger partial charge in [0, 0.05) is 19.3 Å². The molecule has 2 atom stereocenters. The van der Waals surface area contributed by atoms with Crippen LogP contribution < -0.4 is 9.47 Å². The van der Waals surface area contributed by atoms with Gasteiger partial charge in [-0.2, -0.15) is 0 Å². The average Bonchev–Trinajstić information content (AvgIpc) is 2.80. The normalized spacial score (nSPS) is 13.0. The van der Waals surface area contributed by atoms with Gasteiger partial charge in [-0.3, -0.25) is 9.59 Å². The van der Waals surface area contributed by atoms with Crippen LogP contribution in [0.25, 0.3) is 0 Å². The van der Waals surface area contributed by atoms with Gasteiger partial charge in [0.05, 0.1) is 15.9 Å². The summed E-state index contributed by atoms with van der Waals surface area (Å²) in [6, 6.07) is 10.8. The zero-order valence-corrected chi connectivity index (χ0v) is 22.2. The zero-order valence-electron chi connectivity index (χ0n) is 19.9. The molecule has 0 heterocycles. The Bertz CT molecular complexity index is 990. The Hall–Kier alpha value is -2.22. The first-order chi connectivity index (χ1) is 16.5. The molecule has 10 heteroatoms. The van der Waals surface area contributed by atoms with Crippen molar-refractivity contribution in [3.63, 3.8) is 0 Å². The predicted molar refractivity (Wildman–Crippen MR) is 134 cm³/mol. The van der Waals surface area contributed by atoms with Gasteiger partial charge in [0.25, 0.3) is 0 Å². The number of rotatable bonds is 12. The number of carbonyl (C=O) groups excluding carboxylic acids is 2. The highest BCUT2D eigenvalue weighted by Crippen LogP contribution is 2.40. The van der Waals surface area contributed by atoms with E-state index in [-0.39, 0.29) is 24.8 Å². The Morgan fingerprint density at radius 2 is 1.40 bits per heavy atom. The summed E-state index contributed by atoms with van der Waals surface area (Å²) in [5, 5.41) is 0.610. The maximum absolute atomic E-state index is 13.0. The van der Waals surface area contributed by atoms with E-state index in [9.17, 15) is 14.0 Å². The lowest BCUT2D eigenvalue weighted by atomic mass is 9.78. The van der Waals surface area contributed by atoms with Crippen LogP contribution in [0.3, 0.4) is 0 Å². The van der Waals surface area contributed by atoms with Crippen LogP contribution in [0.4, 0.5) is 4.39 Å². The topological polar surface area (TPSA) is 71.1 Å². The first-order valence-corrected chi connectivity index (χ1v) is 12.1. The predicted octanol–water partition coefficient (Wildman–Crippen LogP) is 6.15. The number of ether oxygens (including phenoxy) is 4. The SMILES string of the molecule is CC(=O)OC(CF)COc1ccc(C(C)(C)c2cc(Cl)c(OCC(CCl)OC(C)=O)c(Cl)c2)cc1. The van der Waals surface area contributed by atoms with Crippen molar-refractivity contribution < 1.29 is 32.9 Å². The van der Waals surface area contributed by atoms with Gasteiger partial charge in [0.1, 0.15) is 31.7 Å². The molecule has 192 valence electrons. The number of hydrogen-bond acceptors (Lipinski definition) is 6. The number of benzene rings is 2. The molecular weight excluding hydrogens is 522 g/mol. The summed E-state index contributed by atoms with van der Waals surface area (Å²) < 4.78 is 34.1. The van der Waals surface area contributed by atoms with E-state index in [2.05, 4.69) is 0 Å². The van der Waals surface area contributed by atoms with E-state index in [0.717, 1.165) is 11.1 Å². The van der Waals surface area contributed by atoms with E-state index >= 15 is 0 Å². The molecule has 0 amide bonds. The molecule has 0 spiro atoms. The minimum absolute atomic E-state index is 0.00738. The number of hydrogen-bond donors (Lipinski definition) is 0. The molecule has 0 fully saturated rings. The van der Waals surface area contributed by atoms with Crippen LogP contribution in [-0.4, -0.2) is 49.9 Å². The standard InChI is InChI=1S/C25H28Cl3FO6/c1-15(30)34-20(11-26)13-33-24-22(27)9-18(10-23(24)28)25(3,4)17-5-7-19(8-6-17)32-14-21(12-29)35-16(2)31/h5-10,20-21H,11-14H2,1-4H3. The van der Waals surface area contributed by atoms with Crippen LogP contribution in [0.2, 0.25) is 10.0 Å². The summed E-state index contributed by atoms with van der Waals surface area (Å²) in [6.07, 6.45) is -1.59. The van der Waals surface area contributed by atoms with Crippen molar-refractivity contribution in [3.8, 4) is 11.5 Å². The molecule has 2 rings (SSSR count). The molecule has 0 aromatic heterocycles. The van der Waals surface area contributed by atoms with Gasteiger partial charge >= 0.3 is 11.9 Å². The quantitative estimate of drug-likeness (QED) is 0.234. The number of halogens is 4. The third kappa shape index (κ3) is 8.44. The largest absolute Gasteiger partial charge is 0.490 e. The zero-order chi connectivity index (χ0) is 26.2. The van der Waals surface area contributed by atoms with E-state index < -0.39 is 36.2 Å². The Balaban J connectivity index is 2.14. The molecule has 0 aliphatic carbocycles. The lowest BCUT2D eigenvalue weighted by Gasteiger charge is -2.27. The van der Waals surface area contributed by atoms with Gasteiger partial charge in [0.15, 0.2) is 11.9 Å². The van der Waals surface area contributed by atoms with Crippen LogP contribution in [0, 0.1) is 0 Å². The fraction of sp³-hybridized carbons (Fsp3) is 0.440. The second-order valence-electron chi connectivity index (χ2n) is 8.31. The van der Waals surface area contributed by atoms with Crippen molar-refractivity contribution in [1.82, 2.24) is 0 Å². The van der Waals surface area contributed by atoms with Crippen LogP contribution >= 0.6 is 34.8 Å². The summed E-state index contributed by atoms with van der Waals surface area (Å²) in [6.45, 7) is 5.61. The Morgan fingerprint density at radius 1 is 0.886 bits per heavy atom. The molecule has 0 saturated carbocycles. The molecule has 2 unspecified atom stereocenters. The fourth-order valence-electron chi connectivity index (χ4n) is 3.25.